The van der Waals surface area contributed by atoms with E-state index in [0.717, 1.165) is 25.9 Å². The molecule has 0 saturated carbocycles. The van der Waals surface area contributed by atoms with Gasteiger partial charge < -0.3 is 19.5 Å². The number of amidine groups is 1. The van der Waals surface area contributed by atoms with Gasteiger partial charge in [-0.2, -0.15) is 9.98 Å². The minimum atomic E-state index is -0.582. The van der Waals surface area contributed by atoms with Crippen LogP contribution in [0.15, 0.2) is 33.8 Å². The van der Waals surface area contributed by atoms with E-state index in [9.17, 15) is 14.4 Å². The van der Waals surface area contributed by atoms with Gasteiger partial charge in [0, 0.05) is 31.1 Å². The normalized spacial score (nSPS) is 18.2. The van der Waals surface area contributed by atoms with E-state index in [1.807, 2.05) is 13.8 Å². The van der Waals surface area contributed by atoms with E-state index in [1.54, 1.807) is 18.2 Å². The number of nitrogens with one attached hydrogen (secondary N) is 1. The van der Waals surface area contributed by atoms with Crippen molar-refractivity contribution < 1.29 is 23.6 Å². The first-order valence-electron chi connectivity index (χ1n) is 11.3. The van der Waals surface area contributed by atoms with Crippen LogP contribution in [0.5, 0.6) is 0 Å². The number of amides is 2. The molecule has 0 bridgehead atoms. The number of aliphatic imine (C=N–C) groups is 1. The number of benzene rings is 1. The Morgan fingerprint density at radius 2 is 2.06 bits per heavy atom. The lowest BCUT2D eigenvalue weighted by Crippen LogP contribution is -2.33. The van der Waals surface area contributed by atoms with Gasteiger partial charge in [0.1, 0.15) is 5.25 Å². The van der Waals surface area contributed by atoms with E-state index >= 15 is 0 Å². The fourth-order valence-corrected chi connectivity index (χ4v) is 4.72. The molecule has 0 aliphatic carbocycles. The number of rotatable bonds is 7. The third-order valence-corrected chi connectivity index (χ3v) is 6.65. The van der Waals surface area contributed by atoms with E-state index in [4.69, 9.17) is 9.26 Å². The summed E-state index contributed by atoms with van der Waals surface area (Å²) in [7, 11) is 0. The van der Waals surface area contributed by atoms with Gasteiger partial charge in [0.2, 0.25) is 5.91 Å². The van der Waals surface area contributed by atoms with Gasteiger partial charge in [0.15, 0.2) is 17.6 Å². The molecule has 0 spiro atoms. The summed E-state index contributed by atoms with van der Waals surface area (Å²) in [4.78, 5) is 47.7. The van der Waals surface area contributed by atoms with Gasteiger partial charge in [-0.3, -0.25) is 9.59 Å². The lowest BCUT2D eigenvalue weighted by atomic mass is 10.1. The highest BCUT2D eigenvalue weighted by Crippen LogP contribution is 2.29. The second kappa shape index (κ2) is 10.8. The Balaban J connectivity index is 1.28. The van der Waals surface area contributed by atoms with Crippen LogP contribution in [0.4, 0.5) is 5.69 Å². The predicted octanol–water partition coefficient (Wildman–Crippen LogP) is 3.36. The molecule has 1 N–H and O–H groups in total. The van der Waals surface area contributed by atoms with Gasteiger partial charge in [-0.15, -0.1) is 0 Å². The third-order valence-electron chi connectivity index (χ3n) is 5.44. The van der Waals surface area contributed by atoms with Crippen LogP contribution in [0.3, 0.4) is 0 Å². The van der Waals surface area contributed by atoms with Crippen LogP contribution in [-0.2, 0) is 20.9 Å². The first kappa shape index (κ1) is 23.9. The molecular weight excluding hydrogens is 458 g/mol. The van der Waals surface area contributed by atoms with Crippen molar-refractivity contribution in [2.24, 2.45) is 4.99 Å². The van der Waals surface area contributed by atoms with Crippen LogP contribution in [0.25, 0.3) is 0 Å². The zero-order valence-corrected chi connectivity index (χ0v) is 20.0. The van der Waals surface area contributed by atoms with E-state index < -0.39 is 11.2 Å². The van der Waals surface area contributed by atoms with Crippen LogP contribution in [0, 0.1) is 0 Å². The fourth-order valence-electron chi connectivity index (χ4n) is 3.61. The highest BCUT2D eigenvalue weighted by atomic mass is 32.2. The molecule has 2 aliphatic heterocycles. The number of hydrogen-bond donors (Lipinski definition) is 1. The van der Waals surface area contributed by atoms with Gasteiger partial charge in [-0.1, -0.05) is 36.8 Å². The number of thioether (sulfide) groups is 1. The summed E-state index contributed by atoms with van der Waals surface area (Å²) in [5.41, 5.74) is 0.704. The minimum absolute atomic E-state index is 0.00830. The van der Waals surface area contributed by atoms with Gasteiger partial charge in [-0.05, 0) is 37.5 Å². The molecule has 2 aliphatic rings. The monoisotopic (exact) mass is 485 g/mol. The van der Waals surface area contributed by atoms with Crippen LogP contribution < -0.4 is 5.32 Å². The molecule has 10 nitrogen and oxygen atoms in total. The molecule has 1 saturated heterocycles. The molecule has 1 fully saturated rings. The molecule has 1 atom stereocenters. The SMILES string of the molecule is CC(C)c1noc(COC(=O)c2cccc(NC(=O)CC3SC(N4CCCCC4)=NC3=O)c2)n1. The summed E-state index contributed by atoms with van der Waals surface area (Å²) in [6.07, 6.45) is 3.38. The first-order chi connectivity index (χ1) is 16.4. The second-order valence-corrected chi connectivity index (χ2v) is 9.67. The maximum absolute atomic E-state index is 12.6. The number of likely N-dealkylation sites (tertiary alicyclic amines) is 1. The number of carbonyl (C=O) groups excluding carboxylic acids is 3. The minimum Gasteiger partial charge on any atom is -0.452 e. The molecule has 34 heavy (non-hydrogen) atoms. The largest absolute Gasteiger partial charge is 0.452 e. The van der Waals surface area contributed by atoms with Crippen molar-refractivity contribution in [2.75, 3.05) is 18.4 Å². The Morgan fingerprint density at radius 3 is 2.79 bits per heavy atom. The van der Waals surface area contributed by atoms with Crippen molar-refractivity contribution >= 4 is 40.4 Å². The van der Waals surface area contributed by atoms with Crippen LogP contribution in [0.2, 0.25) is 0 Å². The smallest absolute Gasteiger partial charge is 0.338 e. The predicted molar refractivity (Wildman–Crippen MR) is 126 cm³/mol. The van der Waals surface area contributed by atoms with Gasteiger partial charge in [-0.25, -0.2) is 4.79 Å². The molecule has 1 unspecified atom stereocenters. The molecule has 0 radical (unpaired) electrons. The lowest BCUT2D eigenvalue weighted by molar-refractivity contribution is -0.121. The van der Waals surface area contributed by atoms with E-state index in [-0.39, 0.29) is 42.2 Å². The number of ether oxygens (including phenoxy) is 1. The molecule has 3 heterocycles. The van der Waals surface area contributed by atoms with Crippen LogP contribution in [0.1, 0.15) is 67.5 Å². The zero-order chi connectivity index (χ0) is 24.1. The number of esters is 1. The molecule has 11 heteroatoms. The molecule has 1 aromatic carbocycles. The van der Waals surface area contributed by atoms with Crippen molar-refractivity contribution in [2.45, 2.75) is 57.3 Å². The van der Waals surface area contributed by atoms with Crippen molar-refractivity contribution in [1.29, 1.82) is 0 Å². The second-order valence-electron chi connectivity index (χ2n) is 8.50. The summed E-state index contributed by atoms with van der Waals surface area (Å²) in [6, 6.07) is 6.41. The summed E-state index contributed by atoms with van der Waals surface area (Å²) in [6.45, 7) is 5.51. The van der Waals surface area contributed by atoms with Gasteiger partial charge >= 0.3 is 5.97 Å². The van der Waals surface area contributed by atoms with E-state index in [1.165, 1.54) is 24.2 Å². The van der Waals surface area contributed by atoms with Crippen LogP contribution >= 0.6 is 11.8 Å². The number of carbonyl (C=O) groups is 3. The summed E-state index contributed by atoms with van der Waals surface area (Å²) in [5, 5.41) is 6.77. The Bertz CT molecular complexity index is 1090. The molecule has 180 valence electrons. The van der Waals surface area contributed by atoms with E-state index in [0.29, 0.717) is 16.7 Å². The number of hydrogen-bond acceptors (Lipinski definition) is 9. The first-order valence-corrected chi connectivity index (χ1v) is 12.2. The average molecular weight is 486 g/mol. The summed E-state index contributed by atoms with van der Waals surface area (Å²) >= 11 is 1.35. The lowest BCUT2D eigenvalue weighted by Gasteiger charge is -2.27. The number of piperidine rings is 1. The summed E-state index contributed by atoms with van der Waals surface area (Å²) in [5.74, 6) is -0.316. The quantitative estimate of drug-likeness (QED) is 0.587. The van der Waals surface area contributed by atoms with Crippen molar-refractivity contribution in [3.05, 3.63) is 41.5 Å². The molecule has 4 rings (SSSR count). The molecule has 1 aromatic heterocycles. The van der Waals surface area contributed by atoms with Gasteiger partial charge in [0.25, 0.3) is 11.8 Å². The summed E-state index contributed by atoms with van der Waals surface area (Å²) < 4.78 is 10.3. The number of anilines is 1. The third kappa shape index (κ3) is 6.02. The highest BCUT2D eigenvalue weighted by molar-refractivity contribution is 8.15. The Morgan fingerprint density at radius 1 is 1.26 bits per heavy atom. The van der Waals surface area contributed by atoms with Gasteiger partial charge in [0.05, 0.1) is 5.56 Å². The van der Waals surface area contributed by atoms with E-state index in [2.05, 4.69) is 25.3 Å². The molecule has 2 amide bonds. The van der Waals surface area contributed by atoms with Crippen molar-refractivity contribution in [1.82, 2.24) is 15.0 Å². The van der Waals surface area contributed by atoms with Crippen molar-refractivity contribution in [3.8, 4) is 0 Å². The topological polar surface area (TPSA) is 127 Å². The van der Waals surface area contributed by atoms with Crippen LogP contribution in [-0.4, -0.2) is 56.3 Å². The fraction of sp³-hybridized carbons (Fsp3) is 0.478. The number of aromatic nitrogens is 2. The Labute approximate surface area is 201 Å². The molecule has 2 aromatic rings. The molecular formula is C23H27N5O5S. The van der Waals surface area contributed by atoms with Crippen molar-refractivity contribution in [3.63, 3.8) is 0 Å². The maximum atomic E-state index is 12.6. The number of nitrogens with zero attached hydrogens (tertiary/aromatic N) is 4. The Kier molecular flexibility index (Phi) is 7.61. The zero-order valence-electron chi connectivity index (χ0n) is 19.2. The average Bonchev–Trinajstić information content (AvgIpc) is 3.45. The highest BCUT2D eigenvalue weighted by Gasteiger charge is 2.33. The Hall–Kier alpha value is -3.21. The standard InChI is InChI=1S/C23H27N5O5S/c1-14(2)20-25-19(33-27-20)13-32-22(31)15-7-6-8-16(11-15)24-18(29)12-17-21(30)26-23(34-17)28-9-4-3-5-10-28/h6-8,11,14,17H,3-5,9-10,12-13H2,1-2H3,(H,24,29). The maximum Gasteiger partial charge on any atom is 0.338 e.